The van der Waals surface area contributed by atoms with E-state index in [-0.39, 0.29) is 12.5 Å². The van der Waals surface area contributed by atoms with Crippen molar-refractivity contribution in [3.63, 3.8) is 0 Å². The zero-order valence-corrected chi connectivity index (χ0v) is 31.2. The molecule has 0 heterocycles. The Balaban J connectivity index is 1.20. The normalized spacial score (nSPS) is 13.9. The summed E-state index contributed by atoms with van der Waals surface area (Å²) in [7, 11) is 0. The topological polar surface area (TPSA) is 49.7 Å². The van der Waals surface area contributed by atoms with Crippen LogP contribution in [0.1, 0.15) is 99.3 Å². The van der Waals surface area contributed by atoms with Gasteiger partial charge >= 0.3 is 0 Å². The minimum Gasteiger partial charge on any atom is -0.390 e. The van der Waals surface area contributed by atoms with Crippen LogP contribution in [0.4, 0.5) is 0 Å². The van der Waals surface area contributed by atoms with E-state index in [1.807, 2.05) is 54.6 Å². The van der Waals surface area contributed by atoms with Crippen LogP contribution in [0.5, 0.6) is 0 Å². The van der Waals surface area contributed by atoms with E-state index >= 15 is 0 Å². The van der Waals surface area contributed by atoms with Gasteiger partial charge in [0.2, 0.25) is 0 Å². The second kappa shape index (κ2) is 17.5. The molecule has 0 amide bonds. The van der Waals surface area contributed by atoms with Gasteiger partial charge in [-0.05, 0) is 61.0 Å². The van der Waals surface area contributed by atoms with Crippen molar-refractivity contribution in [2.75, 3.05) is 6.61 Å². The number of ether oxygens (including phenoxy) is 1. The molecule has 0 bridgehead atoms. The number of unbranched alkanes of at least 4 members (excludes halogenated alkanes) is 8. The molecule has 0 aromatic heterocycles. The van der Waals surface area contributed by atoms with Crippen LogP contribution in [0, 0.1) is 0 Å². The van der Waals surface area contributed by atoms with Gasteiger partial charge in [0.15, 0.2) is 0 Å². The predicted molar refractivity (Wildman–Crippen MR) is 222 cm³/mol. The van der Waals surface area contributed by atoms with E-state index in [1.54, 1.807) is 0 Å². The summed E-state index contributed by atoms with van der Waals surface area (Å²) in [5, 5.41) is 31.7. The second-order valence-corrected chi connectivity index (χ2v) is 14.9. The highest BCUT2D eigenvalue weighted by Crippen LogP contribution is 2.43. The Morgan fingerprint density at radius 1 is 0.491 bits per heavy atom. The standard InChI is InChI=1S/C50H54O3/c1-2-3-4-5-6-7-8-9-19-29-45(43-34-32-39-31-30-37-21-20-22-38-33-35-44(43)48(39)47(37)38)49(52)46(51)36-53-50(40-23-13-10-14-24-40,41-25-15-11-16-26-41)42-27-17-12-18-28-42/h10-18,20-28,30-35,45-46,49,51-52H,2-9,19,29,36H2,1H3/t45?,46-,49?/m0/s1. The van der Waals surface area contributed by atoms with E-state index in [0.717, 1.165) is 46.9 Å². The predicted octanol–water partition coefficient (Wildman–Crippen LogP) is 12.3. The minimum absolute atomic E-state index is 0.0417. The van der Waals surface area contributed by atoms with Crippen LogP contribution < -0.4 is 0 Å². The van der Waals surface area contributed by atoms with E-state index in [4.69, 9.17) is 4.74 Å². The largest absolute Gasteiger partial charge is 0.390 e. The van der Waals surface area contributed by atoms with Crippen LogP contribution in [0.25, 0.3) is 32.3 Å². The monoisotopic (exact) mass is 702 g/mol. The fourth-order valence-electron chi connectivity index (χ4n) is 8.61. The van der Waals surface area contributed by atoms with Gasteiger partial charge in [-0.15, -0.1) is 0 Å². The highest BCUT2D eigenvalue weighted by molar-refractivity contribution is 6.23. The molecule has 0 aliphatic rings. The van der Waals surface area contributed by atoms with Gasteiger partial charge in [-0.25, -0.2) is 0 Å². The number of hydrogen-bond acceptors (Lipinski definition) is 3. The van der Waals surface area contributed by atoms with E-state index < -0.39 is 17.8 Å². The van der Waals surface area contributed by atoms with Gasteiger partial charge in [-0.2, -0.15) is 0 Å². The summed E-state index contributed by atoms with van der Waals surface area (Å²) in [6.45, 7) is 2.22. The Hall–Kier alpha value is -4.54. The fourth-order valence-corrected chi connectivity index (χ4v) is 8.61. The minimum atomic E-state index is -1.12. The van der Waals surface area contributed by atoms with E-state index in [1.165, 1.54) is 71.9 Å². The Kier molecular flexibility index (Phi) is 12.2. The molecule has 3 atom stereocenters. The van der Waals surface area contributed by atoms with Crippen LogP contribution in [-0.2, 0) is 10.3 Å². The van der Waals surface area contributed by atoms with Gasteiger partial charge in [0.25, 0.3) is 0 Å². The molecule has 0 fully saturated rings. The number of benzene rings is 7. The van der Waals surface area contributed by atoms with Gasteiger partial charge in [-0.1, -0.05) is 210 Å². The van der Waals surface area contributed by atoms with E-state index in [2.05, 4.69) is 97.9 Å². The molecule has 0 saturated heterocycles. The first-order valence-corrected chi connectivity index (χ1v) is 19.9. The maximum absolute atomic E-state index is 12.3. The van der Waals surface area contributed by atoms with E-state index in [0.29, 0.717) is 0 Å². The maximum Gasteiger partial charge on any atom is 0.143 e. The third-order valence-corrected chi connectivity index (χ3v) is 11.4. The number of aliphatic hydroxyl groups excluding tert-OH is 2. The van der Waals surface area contributed by atoms with Crippen molar-refractivity contribution in [2.45, 2.75) is 94.9 Å². The molecule has 0 spiro atoms. The molecular formula is C50H54O3. The van der Waals surface area contributed by atoms with Crippen molar-refractivity contribution in [1.82, 2.24) is 0 Å². The van der Waals surface area contributed by atoms with Crippen LogP contribution in [0.2, 0.25) is 0 Å². The first-order chi connectivity index (χ1) is 26.1. The lowest BCUT2D eigenvalue weighted by atomic mass is 9.79. The van der Waals surface area contributed by atoms with Gasteiger partial charge in [0, 0.05) is 5.92 Å². The first-order valence-electron chi connectivity index (χ1n) is 19.9. The lowest BCUT2D eigenvalue weighted by Crippen LogP contribution is -2.41. The van der Waals surface area contributed by atoms with Crippen molar-refractivity contribution in [3.05, 3.63) is 168 Å². The smallest absolute Gasteiger partial charge is 0.143 e. The van der Waals surface area contributed by atoms with Crippen LogP contribution in [0.15, 0.2) is 146 Å². The zero-order valence-electron chi connectivity index (χ0n) is 31.2. The Bertz CT molecular complexity index is 2030. The Morgan fingerprint density at radius 3 is 1.51 bits per heavy atom. The van der Waals surface area contributed by atoms with Crippen LogP contribution in [0.3, 0.4) is 0 Å². The third-order valence-electron chi connectivity index (χ3n) is 11.4. The molecule has 7 aromatic rings. The molecule has 0 aliphatic carbocycles. The van der Waals surface area contributed by atoms with Crippen molar-refractivity contribution >= 4 is 32.3 Å². The van der Waals surface area contributed by atoms with Gasteiger partial charge in [-0.3, -0.25) is 0 Å². The molecule has 2 N–H and O–H groups in total. The average molecular weight is 703 g/mol. The Labute approximate surface area is 315 Å². The lowest BCUT2D eigenvalue weighted by Gasteiger charge is -2.37. The first kappa shape index (κ1) is 36.8. The highest BCUT2D eigenvalue weighted by Gasteiger charge is 2.39. The summed E-state index contributed by atoms with van der Waals surface area (Å²) in [5.41, 5.74) is 3.03. The molecule has 3 nitrogen and oxygen atoms in total. The molecule has 0 aliphatic heterocycles. The van der Waals surface area contributed by atoms with Crippen molar-refractivity contribution in [2.24, 2.45) is 0 Å². The molecule has 0 radical (unpaired) electrons. The summed E-state index contributed by atoms with van der Waals surface area (Å²) in [6, 6.07) is 50.4. The van der Waals surface area contributed by atoms with Crippen molar-refractivity contribution in [1.29, 1.82) is 0 Å². The van der Waals surface area contributed by atoms with Crippen molar-refractivity contribution in [3.8, 4) is 0 Å². The summed E-state index contributed by atoms with van der Waals surface area (Å²) in [4.78, 5) is 0. The Morgan fingerprint density at radius 2 is 0.962 bits per heavy atom. The van der Waals surface area contributed by atoms with E-state index in [9.17, 15) is 10.2 Å². The summed E-state index contributed by atoms with van der Waals surface area (Å²) in [6.07, 6.45) is 9.77. The highest BCUT2D eigenvalue weighted by atomic mass is 16.5. The third kappa shape index (κ3) is 7.89. The van der Waals surface area contributed by atoms with Gasteiger partial charge < -0.3 is 14.9 Å². The second-order valence-electron chi connectivity index (χ2n) is 14.9. The number of aliphatic hydroxyl groups is 2. The lowest BCUT2D eigenvalue weighted by molar-refractivity contribution is -0.0851. The summed E-state index contributed by atoms with van der Waals surface area (Å²) < 4.78 is 7.02. The molecule has 0 saturated carbocycles. The molecule has 7 rings (SSSR count). The summed E-state index contributed by atoms with van der Waals surface area (Å²) >= 11 is 0. The SMILES string of the molecule is CCCCCCCCCCCC(c1ccc2ccc3cccc4ccc1c2c34)C(O)[C@@H](O)COC(c1ccccc1)(c1ccccc1)c1ccccc1. The van der Waals surface area contributed by atoms with Crippen LogP contribution >= 0.6 is 0 Å². The van der Waals surface area contributed by atoms with Gasteiger partial charge in [0.05, 0.1) is 12.7 Å². The average Bonchev–Trinajstić information content (AvgIpc) is 3.22. The molecule has 272 valence electrons. The number of hydrogen-bond donors (Lipinski definition) is 2. The summed E-state index contributed by atoms with van der Waals surface area (Å²) in [5.74, 6) is -0.262. The molecule has 3 heteroatoms. The molecule has 53 heavy (non-hydrogen) atoms. The van der Waals surface area contributed by atoms with Gasteiger partial charge in [0.1, 0.15) is 11.7 Å². The quantitative estimate of drug-likeness (QED) is 0.0501. The number of rotatable bonds is 19. The molecule has 2 unspecified atom stereocenters. The molecule has 7 aromatic carbocycles. The molecular weight excluding hydrogens is 649 g/mol. The van der Waals surface area contributed by atoms with Crippen molar-refractivity contribution < 1.29 is 14.9 Å². The zero-order chi connectivity index (χ0) is 36.5. The van der Waals surface area contributed by atoms with Crippen LogP contribution in [-0.4, -0.2) is 29.0 Å². The fraction of sp³-hybridized carbons (Fsp3) is 0.320. The maximum atomic E-state index is 12.3.